The van der Waals surface area contributed by atoms with Gasteiger partial charge in [-0.2, -0.15) is 0 Å². The van der Waals surface area contributed by atoms with Crippen molar-refractivity contribution in [2.75, 3.05) is 39.6 Å². The number of aliphatic hydroxyl groups excluding tert-OH is 1. The van der Waals surface area contributed by atoms with Gasteiger partial charge in [0.1, 0.15) is 19.3 Å². The van der Waals surface area contributed by atoms with E-state index in [1.165, 1.54) is 122 Å². The van der Waals surface area contributed by atoms with E-state index >= 15 is 0 Å². The third-order valence-corrected chi connectivity index (χ3v) is 17.9. The van der Waals surface area contributed by atoms with Crippen molar-refractivity contribution >= 4 is 39.5 Å². The molecular weight excluding hydrogens is 1140 g/mol. The molecular formula is C67H130O17P2. The summed E-state index contributed by atoms with van der Waals surface area (Å²) in [5.74, 6) is 0.833. The van der Waals surface area contributed by atoms with Gasteiger partial charge in [0.25, 0.3) is 0 Å². The molecule has 0 radical (unpaired) electrons. The smallest absolute Gasteiger partial charge is 0.462 e. The normalized spacial score (nSPS) is 15.0. The zero-order valence-corrected chi connectivity index (χ0v) is 57.7. The second-order valence-electron chi connectivity index (χ2n) is 25.6. The quantitative estimate of drug-likeness (QED) is 0.0222. The molecule has 17 nitrogen and oxygen atoms in total. The molecule has 86 heavy (non-hydrogen) atoms. The first-order valence-electron chi connectivity index (χ1n) is 34.8. The number of unbranched alkanes of at least 4 members (excludes halogenated alkanes) is 28. The standard InChI is InChI=1S/C67H130O17P2/c1-9-59(7)45-37-29-21-16-17-22-31-39-47-64(69)77-53-62(83-66(71)49-41-33-23-15-13-11-12-14-19-27-35-43-57(3)4)55-81-85(73,74)79-51-61(68)52-80-86(75,76)82-56-63(84-67(72)50-42-34-24-18-20-28-36-44-58(5)6)54-78-65(70)48-40-32-26-25-30-38-46-60(8)10-2/h57-63,68H,9-56H2,1-8H3,(H,73,74)(H,75,76)/t59?,60?,61-,62-,63-/m1/s1. The molecule has 0 saturated heterocycles. The number of ether oxygens (including phenoxy) is 4. The van der Waals surface area contributed by atoms with Crippen LogP contribution in [-0.2, 0) is 65.4 Å². The average Bonchev–Trinajstić information content (AvgIpc) is 3.66. The van der Waals surface area contributed by atoms with Crippen LogP contribution < -0.4 is 0 Å². The molecule has 19 heteroatoms. The Morgan fingerprint density at radius 3 is 0.826 bits per heavy atom. The number of hydrogen-bond acceptors (Lipinski definition) is 15. The summed E-state index contributed by atoms with van der Waals surface area (Å²) < 4.78 is 68.1. The molecule has 3 N–H and O–H groups in total. The largest absolute Gasteiger partial charge is 0.472 e. The molecule has 0 aliphatic heterocycles. The van der Waals surface area contributed by atoms with Gasteiger partial charge in [-0.3, -0.25) is 37.3 Å². The summed E-state index contributed by atoms with van der Waals surface area (Å²) in [7, 11) is -9.90. The number of phosphoric acid groups is 2. The zero-order valence-electron chi connectivity index (χ0n) is 55.9. The fourth-order valence-electron chi connectivity index (χ4n) is 9.89. The van der Waals surface area contributed by atoms with Crippen LogP contribution in [0.3, 0.4) is 0 Å². The Morgan fingerprint density at radius 2 is 0.558 bits per heavy atom. The van der Waals surface area contributed by atoms with Crippen molar-refractivity contribution < 1.29 is 80.2 Å². The van der Waals surface area contributed by atoms with E-state index in [0.29, 0.717) is 31.6 Å². The molecule has 0 rings (SSSR count). The lowest BCUT2D eigenvalue weighted by atomic mass is 9.99. The number of phosphoric ester groups is 2. The number of esters is 4. The van der Waals surface area contributed by atoms with Gasteiger partial charge >= 0.3 is 39.5 Å². The lowest BCUT2D eigenvalue weighted by Crippen LogP contribution is -2.30. The summed E-state index contributed by atoms with van der Waals surface area (Å²) in [6.45, 7) is 14.0. The molecule has 4 unspecified atom stereocenters. The Bertz CT molecular complexity index is 1720. The van der Waals surface area contributed by atoms with Gasteiger partial charge in [0.2, 0.25) is 0 Å². The Kier molecular flexibility index (Phi) is 55.7. The van der Waals surface area contributed by atoms with Crippen molar-refractivity contribution in [1.82, 2.24) is 0 Å². The molecule has 0 amide bonds. The highest BCUT2D eigenvalue weighted by Crippen LogP contribution is 2.45. The first-order valence-corrected chi connectivity index (χ1v) is 37.8. The monoisotopic (exact) mass is 1270 g/mol. The molecule has 0 saturated carbocycles. The summed E-state index contributed by atoms with van der Waals surface area (Å²) in [4.78, 5) is 72.4. The average molecular weight is 1270 g/mol. The maximum atomic E-state index is 13.0. The van der Waals surface area contributed by atoms with Crippen LogP contribution in [0.25, 0.3) is 0 Å². The molecule has 0 aliphatic rings. The molecule has 0 fully saturated rings. The van der Waals surface area contributed by atoms with Crippen molar-refractivity contribution in [3.63, 3.8) is 0 Å². The van der Waals surface area contributed by atoms with Crippen LogP contribution in [0.2, 0.25) is 0 Å². The maximum Gasteiger partial charge on any atom is 0.472 e. The lowest BCUT2D eigenvalue weighted by molar-refractivity contribution is -0.161. The fourth-order valence-corrected chi connectivity index (χ4v) is 11.5. The van der Waals surface area contributed by atoms with Crippen LogP contribution in [0.5, 0.6) is 0 Å². The van der Waals surface area contributed by atoms with E-state index in [9.17, 15) is 43.2 Å². The van der Waals surface area contributed by atoms with Gasteiger partial charge in [-0.15, -0.1) is 0 Å². The van der Waals surface area contributed by atoms with Crippen molar-refractivity contribution in [3.05, 3.63) is 0 Å². The minimum absolute atomic E-state index is 0.102. The van der Waals surface area contributed by atoms with Crippen LogP contribution in [0.4, 0.5) is 0 Å². The van der Waals surface area contributed by atoms with Crippen LogP contribution in [0.15, 0.2) is 0 Å². The summed E-state index contributed by atoms with van der Waals surface area (Å²) >= 11 is 0. The molecule has 0 aromatic heterocycles. The van der Waals surface area contributed by atoms with E-state index in [-0.39, 0.29) is 25.7 Å². The maximum absolute atomic E-state index is 13.0. The molecule has 7 atom stereocenters. The second kappa shape index (κ2) is 57.0. The molecule has 0 aliphatic carbocycles. The zero-order chi connectivity index (χ0) is 63.9. The predicted octanol–water partition coefficient (Wildman–Crippen LogP) is 18.5. The third kappa shape index (κ3) is 58.4. The minimum atomic E-state index is -4.95. The van der Waals surface area contributed by atoms with Gasteiger partial charge in [-0.25, -0.2) is 9.13 Å². The van der Waals surface area contributed by atoms with Crippen molar-refractivity contribution in [2.24, 2.45) is 23.7 Å². The van der Waals surface area contributed by atoms with Gasteiger partial charge in [0, 0.05) is 25.7 Å². The van der Waals surface area contributed by atoms with Gasteiger partial charge < -0.3 is 33.8 Å². The molecule has 0 bridgehead atoms. The number of carbonyl (C=O) groups excluding carboxylic acids is 4. The first-order chi connectivity index (χ1) is 41.2. The van der Waals surface area contributed by atoms with Crippen LogP contribution in [0, 0.1) is 23.7 Å². The number of aliphatic hydroxyl groups is 1. The highest BCUT2D eigenvalue weighted by atomic mass is 31.2. The third-order valence-electron chi connectivity index (χ3n) is 16.0. The van der Waals surface area contributed by atoms with E-state index in [4.69, 9.17) is 37.0 Å². The SMILES string of the molecule is CCC(C)CCCCCCCCCCC(=O)OC[C@H](COP(=O)(O)OC[C@@H](O)COP(=O)(O)OC[C@@H](COC(=O)CCCCCCCCC(C)CC)OC(=O)CCCCCCCCCC(C)C)OC(=O)CCCCCCCCCCCCCC(C)C. The van der Waals surface area contributed by atoms with E-state index in [1.807, 2.05) is 0 Å². The van der Waals surface area contributed by atoms with Gasteiger partial charge in [-0.1, -0.05) is 274 Å². The molecule has 0 spiro atoms. The van der Waals surface area contributed by atoms with E-state index in [0.717, 1.165) is 114 Å². The molecule has 0 heterocycles. The fraction of sp³-hybridized carbons (Fsp3) is 0.940. The van der Waals surface area contributed by atoms with Gasteiger partial charge in [0.15, 0.2) is 12.2 Å². The van der Waals surface area contributed by atoms with Crippen molar-refractivity contribution in [1.29, 1.82) is 0 Å². The van der Waals surface area contributed by atoms with Crippen LogP contribution in [0.1, 0.15) is 325 Å². The highest BCUT2D eigenvalue weighted by molar-refractivity contribution is 7.47. The summed E-state index contributed by atoms with van der Waals surface area (Å²) in [6, 6.07) is 0. The second-order valence-corrected chi connectivity index (χ2v) is 28.6. The summed E-state index contributed by atoms with van der Waals surface area (Å²) in [5.41, 5.74) is 0. The molecule has 0 aromatic carbocycles. The minimum Gasteiger partial charge on any atom is -0.462 e. The number of rotatable bonds is 64. The van der Waals surface area contributed by atoms with Crippen LogP contribution in [-0.4, -0.2) is 96.7 Å². The lowest BCUT2D eigenvalue weighted by Gasteiger charge is -2.21. The predicted molar refractivity (Wildman–Crippen MR) is 344 cm³/mol. The van der Waals surface area contributed by atoms with Crippen LogP contribution >= 0.6 is 15.6 Å². The Morgan fingerprint density at radius 1 is 0.326 bits per heavy atom. The van der Waals surface area contributed by atoms with Crippen molar-refractivity contribution in [2.45, 2.75) is 343 Å². The highest BCUT2D eigenvalue weighted by Gasteiger charge is 2.30. The Labute approximate surface area is 524 Å². The Balaban J connectivity index is 5.26. The van der Waals surface area contributed by atoms with E-state index in [2.05, 4.69) is 55.4 Å². The Hall–Kier alpha value is -1.94. The molecule has 510 valence electrons. The van der Waals surface area contributed by atoms with Gasteiger partial charge in [-0.05, 0) is 49.4 Å². The van der Waals surface area contributed by atoms with Crippen molar-refractivity contribution in [3.8, 4) is 0 Å². The van der Waals surface area contributed by atoms with E-state index < -0.39 is 97.5 Å². The summed E-state index contributed by atoms with van der Waals surface area (Å²) in [6.07, 6.45) is 37.6. The number of hydrogen-bond donors (Lipinski definition) is 3. The van der Waals surface area contributed by atoms with E-state index in [1.54, 1.807) is 0 Å². The number of carbonyl (C=O) groups is 4. The topological polar surface area (TPSA) is 237 Å². The summed E-state index contributed by atoms with van der Waals surface area (Å²) in [5, 5.41) is 10.6. The first kappa shape index (κ1) is 84.1. The van der Waals surface area contributed by atoms with Gasteiger partial charge in [0.05, 0.1) is 26.4 Å². The molecule has 0 aromatic rings.